The molecule has 21 heavy (non-hydrogen) atoms. The zero-order chi connectivity index (χ0) is 15.6. The number of carboxylic acids is 1. The van der Waals surface area contributed by atoms with Crippen LogP contribution < -0.4 is 0 Å². The molecule has 2 aromatic rings. The summed E-state index contributed by atoms with van der Waals surface area (Å²) in [6.45, 7) is -0.148. The first-order chi connectivity index (χ1) is 9.84. The van der Waals surface area contributed by atoms with Crippen molar-refractivity contribution < 1.29 is 27.8 Å². The minimum atomic E-state index is -4.51. The maximum absolute atomic E-state index is 12.7. The number of aromatic nitrogens is 3. The van der Waals surface area contributed by atoms with Crippen molar-refractivity contribution in [1.82, 2.24) is 15.0 Å². The SMILES string of the molecule is COCc1c(C(=O)O)nnn1-c1cccc(C(F)(F)F)c1. The van der Waals surface area contributed by atoms with Gasteiger partial charge in [-0.05, 0) is 18.2 Å². The molecule has 0 bridgehead atoms. The van der Waals surface area contributed by atoms with Crippen molar-refractivity contribution in [3.8, 4) is 5.69 Å². The smallest absolute Gasteiger partial charge is 0.416 e. The second-order valence-corrected chi connectivity index (χ2v) is 4.08. The third kappa shape index (κ3) is 3.02. The molecule has 0 fully saturated rings. The van der Waals surface area contributed by atoms with Crippen molar-refractivity contribution in [1.29, 1.82) is 0 Å². The van der Waals surface area contributed by atoms with E-state index >= 15 is 0 Å². The van der Waals surface area contributed by atoms with Gasteiger partial charge in [0.1, 0.15) is 5.69 Å². The number of ether oxygens (including phenoxy) is 1. The highest BCUT2D eigenvalue weighted by atomic mass is 19.4. The molecule has 112 valence electrons. The van der Waals surface area contributed by atoms with Gasteiger partial charge in [-0.25, -0.2) is 9.48 Å². The number of aromatic carboxylic acids is 1. The van der Waals surface area contributed by atoms with Crippen LogP contribution in [0, 0.1) is 0 Å². The van der Waals surface area contributed by atoms with E-state index in [4.69, 9.17) is 9.84 Å². The number of methoxy groups -OCH3 is 1. The van der Waals surface area contributed by atoms with Crippen LogP contribution in [0.4, 0.5) is 13.2 Å². The highest BCUT2D eigenvalue weighted by molar-refractivity contribution is 5.86. The molecule has 0 aliphatic heterocycles. The van der Waals surface area contributed by atoms with Crippen molar-refractivity contribution in [2.75, 3.05) is 7.11 Å². The molecule has 1 aromatic carbocycles. The van der Waals surface area contributed by atoms with Gasteiger partial charge in [-0.3, -0.25) is 0 Å². The molecule has 0 aliphatic carbocycles. The summed E-state index contributed by atoms with van der Waals surface area (Å²) in [5, 5.41) is 16.0. The Kier molecular flexibility index (Phi) is 3.94. The van der Waals surface area contributed by atoms with E-state index in [-0.39, 0.29) is 23.7 Å². The van der Waals surface area contributed by atoms with Gasteiger partial charge in [-0.15, -0.1) is 5.10 Å². The first-order valence-corrected chi connectivity index (χ1v) is 5.69. The first kappa shape index (κ1) is 15.0. The van der Waals surface area contributed by atoms with E-state index in [1.54, 1.807) is 0 Å². The molecule has 1 N–H and O–H groups in total. The average Bonchev–Trinajstić information content (AvgIpc) is 2.82. The summed E-state index contributed by atoms with van der Waals surface area (Å²) in [6, 6.07) is 4.35. The average molecular weight is 301 g/mol. The monoisotopic (exact) mass is 301 g/mol. The van der Waals surface area contributed by atoms with Gasteiger partial charge < -0.3 is 9.84 Å². The van der Waals surface area contributed by atoms with E-state index in [9.17, 15) is 18.0 Å². The van der Waals surface area contributed by atoms with Crippen LogP contribution in [0.2, 0.25) is 0 Å². The Balaban J connectivity index is 2.54. The molecule has 0 radical (unpaired) electrons. The maximum atomic E-state index is 12.7. The van der Waals surface area contributed by atoms with Crippen LogP contribution in [0.15, 0.2) is 24.3 Å². The number of benzene rings is 1. The summed E-state index contributed by atoms with van der Waals surface area (Å²) in [5.74, 6) is -1.33. The molecule has 2 rings (SSSR count). The van der Waals surface area contributed by atoms with E-state index in [1.807, 2.05) is 0 Å². The topological polar surface area (TPSA) is 77.2 Å². The standard InChI is InChI=1S/C12H10F3N3O3/c1-21-6-9-10(11(19)20)16-17-18(9)8-4-2-3-7(5-8)12(13,14)15/h2-5H,6H2,1H3,(H,19,20). The van der Waals surface area contributed by atoms with Crippen LogP contribution >= 0.6 is 0 Å². The number of nitrogens with zero attached hydrogens (tertiary/aromatic N) is 3. The number of carbonyl (C=O) groups is 1. The second-order valence-electron chi connectivity index (χ2n) is 4.08. The van der Waals surface area contributed by atoms with E-state index in [0.717, 1.165) is 16.8 Å². The highest BCUT2D eigenvalue weighted by Crippen LogP contribution is 2.30. The van der Waals surface area contributed by atoms with Crippen molar-refractivity contribution in [2.24, 2.45) is 0 Å². The maximum Gasteiger partial charge on any atom is 0.416 e. The number of halogens is 3. The van der Waals surface area contributed by atoms with Gasteiger partial charge in [0.05, 0.1) is 17.9 Å². The summed E-state index contributed by atoms with van der Waals surface area (Å²) in [5.41, 5.74) is -1.12. The number of carboxylic acid groups (broad SMARTS) is 1. The number of hydrogen-bond acceptors (Lipinski definition) is 4. The Morgan fingerprint density at radius 2 is 2.14 bits per heavy atom. The molecule has 9 heteroatoms. The summed E-state index contributed by atoms with van der Waals surface area (Å²) < 4.78 is 44.0. The minimum absolute atomic E-state index is 0.0527. The lowest BCUT2D eigenvalue weighted by molar-refractivity contribution is -0.137. The van der Waals surface area contributed by atoms with Crippen LogP contribution in [0.3, 0.4) is 0 Å². The Hall–Kier alpha value is -2.42. The van der Waals surface area contributed by atoms with Gasteiger partial charge in [-0.2, -0.15) is 13.2 Å². The molecular formula is C12H10F3N3O3. The third-order valence-electron chi connectivity index (χ3n) is 2.66. The summed E-state index contributed by atoms with van der Waals surface area (Å²) >= 11 is 0. The van der Waals surface area contributed by atoms with E-state index < -0.39 is 17.7 Å². The zero-order valence-corrected chi connectivity index (χ0v) is 10.8. The van der Waals surface area contributed by atoms with Crippen molar-refractivity contribution in [3.63, 3.8) is 0 Å². The van der Waals surface area contributed by atoms with Gasteiger partial charge in [-0.1, -0.05) is 11.3 Å². The van der Waals surface area contributed by atoms with Gasteiger partial charge in [0.15, 0.2) is 5.69 Å². The molecule has 6 nitrogen and oxygen atoms in total. The van der Waals surface area contributed by atoms with Crippen molar-refractivity contribution in [2.45, 2.75) is 12.8 Å². The second kappa shape index (κ2) is 5.52. The largest absolute Gasteiger partial charge is 0.476 e. The fraction of sp³-hybridized carbons (Fsp3) is 0.250. The van der Waals surface area contributed by atoms with Gasteiger partial charge >= 0.3 is 12.1 Å². The quantitative estimate of drug-likeness (QED) is 0.936. The Morgan fingerprint density at radius 3 is 2.71 bits per heavy atom. The number of alkyl halides is 3. The molecule has 0 unspecified atom stereocenters. The lowest BCUT2D eigenvalue weighted by atomic mass is 10.2. The van der Waals surface area contributed by atoms with Gasteiger partial charge in [0.2, 0.25) is 0 Å². The molecule has 0 amide bonds. The van der Waals surface area contributed by atoms with Crippen LogP contribution in [-0.4, -0.2) is 33.2 Å². The van der Waals surface area contributed by atoms with E-state index in [1.165, 1.54) is 19.2 Å². The summed E-state index contributed by atoms with van der Waals surface area (Å²) in [6.07, 6.45) is -4.51. The molecule has 0 saturated carbocycles. The number of rotatable bonds is 4. The van der Waals surface area contributed by atoms with Gasteiger partial charge in [0.25, 0.3) is 0 Å². The van der Waals surface area contributed by atoms with Crippen molar-refractivity contribution >= 4 is 5.97 Å². The lowest BCUT2D eigenvalue weighted by Crippen LogP contribution is -2.10. The van der Waals surface area contributed by atoms with Crippen LogP contribution in [0.1, 0.15) is 21.7 Å². The molecule has 0 saturated heterocycles. The minimum Gasteiger partial charge on any atom is -0.476 e. The molecule has 0 aliphatic rings. The van der Waals surface area contributed by atoms with Crippen LogP contribution in [-0.2, 0) is 17.5 Å². The van der Waals surface area contributed by atoms with Crippen molar-refractivity contribution in [3.05, 3.63) is 41.2 Å². The molecular weight excluding hydrogens is 291 g/mol. The highest BCUT2D eigenvalue weighted by Gasteiger charge is 2.31. The normalized spacial score (nSPS) is 11.6. The van der Waals surface area contributed by atoms with Gasteiger partial charge in [0, 0.05) is 7.11 Å². The summed E-state index contributed by atoms with van der Waals surface area (Å²) in [7, 11) is 1.33. The molecule has 0 spiro atoms. The number of hydrogen-bond donors (Lipinski definition) is 1. The van der Waals surface area contributed by atoms with E-state index in [2.05, 4.69) is 10.3 Å². The first-order valence-electron chi connectivity index (χ1n) is 5.69. The predicted octanol–water partition coefficient (Wildman–Crippen LogP) is 2.13. The molecule has 1 heterocycles. The third-order valence-corrected chi connectivity index (χ3v) is 2.66. The fourth-order valence-corrected chi connectivity index (χ4v) is 1.76. The Labute approximate surface area is 116 Å². The van der Waals surface area contributed by atoms with E-state index in [0.29, 0.717) is 0 Å². The fourth-order valence-electron chi connectivity index (χ4n) is 1.76. The molecule has 1 aromatic heterocycles. The summed E-state index contributed by atoms with van der Waals surface area (Å²) in [4.78, 5) is 11.0. The molecule has 0 atom stereocenters. The van der Waals surface area contributed by atoms with Crippen LogP contribution in [0.25, 0.3) is 5.69 Å². The Bertz CT molecular complexity index is 667. The Morgan fingerprint density at radius 1 is 1.43 bits per heavy atom. The zero-order valence-electron chi connectivity index (χ0n) is 10.8. The van der Waals surface area contributed by atoms with Crippen LogP contribution in [0.5, 0.6) is 0 Å². The predicted molar refractivity (Wildman–Crippen MR) is 64.0 cm³/mol. The lowest BCUT2D eigenvalue weighted by Gasteiger charge is -2.10.